The van der Waals surface area contributed by atoms with E-state index in [1.54, 1.807) is 29.2 Å². The number of hydrogen-bond acceptors (Lipinski definition) is 5. The van der Waals surface area contributed by atoms with E-state index in [1.165, 1.54) is 18.3 Å². The van der Waals surface area contributed by atoms with E-state index in [0.29, 0.717) is 22.6 Å². The highest BCUT2D eigenvalue weighted by Crippen LogP contribution is 2.26. The zero-order valence-electron chi connectivity index (χ0n) is 16.5. The Kier molecular flexibility index (Phi) is 5.26. The SMILES string of the molecule is Cc1c(C(=O)Nc2cnccc2N2CCN(C)CC2)cnn1-c1ccc(F)cc1. The second-order valence-electron chi connectivity index (χ2n) is 7.17. The molecule has 0 saturated carbocycles. The number of nitrogens with one attached hydrogen (secondary N) is 1. The summed E-state index contributed by atoms with van der Waals surface area (Å²) < 4.78 is 14.8. The largest absolute Gasteiger partial charge is 0.367 e. The molecule has 3 heterocycles. The maximum absolute atomic E-state index is 13.2. The van der Waals surface area contributed by atoms with Crippen molar-refractivity contribution in [3.05, 3.63) is 66.0 Å². The molecule has 1 aliphatic heterocycles. The van der Waals surface area contributed by atoms with Crippen molar-refractivity contribution in [3.63, 3.8) is 0 Å². The first-order valence-corrected chi connectivity index (χ1v) is 9.52. The van der Waals surface area contributed by atoms with Crippen LogP contribution in [0.5, 0.6) is 0 Å². The molecule has 1 N–H and O–H groups in total. The quantitative estimate of drug-likeness (QED) is 0.737. The minimum Gasteiger partial charge on any atom is -0.367 e. The summed E-state index contributed by atoms with van der Waals surface area (Å²) in [5.74, 6) is -0.566. The molecule has 0 spiro atoms. The minimum atomic E-state index is -0.315. The lowest BCUT2D eigenvalue weighted by Gasteiger charge is -2.34. The van der Waals surface area contributed by atoms with Crippen LogP contribution in [0, 0.1) is 12.7 Å². The molecule has 1 aliphatic rings. The van der Waals surface area contributed by atoms with Gasteiger partial charge in [0.15, 0.2) is 0 Å². The maximum atomic E-state index is 13.2. The third-order valence-electron chi connectivity index (χ3n) is 5.22. The Morgan fingerprint density at radius 2 is 1.79 bits per heavy atom. The first-order chi connectivity index (χ1) is 14.0. The van der Waals surface area contributed by atoms with Gasteiger partial charge in [0.1, 0.15) is 5.82 Å². The highest BCUT2D eigenvalue weighted by molar-refractivity contribution is 6.06. The molecular formula is C21H23FN6O. The average molecular weight is 394 g/mol. The number of aromatic nitrogens is 3. The van der Waals surface area contributed by atoms with Crippen LogP contribution in [0.25, 0.3) is 5.69 Å². The molecule has 1 saturated heterocycles. The van der Waals surface area contributed by atoms with E-state index in [1.807, 2.05) is 13.0 Å². The van der Waals surface area contributed by atoms with E-state index >= 15 is 0 Å². The second-order valence-corrected chi connectivity index (χ2v) is 7.17. The van der Waals surface area contributed by atoms with Crippen molar-refractivity contribution < 1.29 is 9.18 Å². The number of halogens is 1. The topological polar surface area (TPSA) is 66.3 Å². The molecule has 0 aliphatic carbocycles. The Bertz CT molecular complexity index is 1010. The number of nitrogens with zero attached hydrogens (tertiary/aromatic N) is 5. The van der Waals surface area contributed by atoms with Gasteiger partial charge in [-0.15, -0.1) is 0 Å². The molecule has 0 radical (unpaired) electrons. The summed E-state index contributed by atoms with van der Waals surface area (Å²) in [7, 11) is 2.11. The number of hydrogen-bond donors (Lipinski definition) is 1. The molecule has 4 rings (SSSR count). The fourth-order valence-electron chi connectivity index (χ4n) is 3.47. The van der Waals surface area contributed by atoms with Crippen molar-refractivity contribution in [1.29, 1.82) is 0 Å². The summed E-state index contributed by atoms with van der Waals surface area (Å²) >= 11 is 0. The van der Waals surface area contributed by atoms with Gasteiger partial charge >= 0.3 is 0 Å². The lowest BCUT2D eigenvalue weighted by atomic mass is 10.2. The van der Waals surface area contributed by atoms with Gasteiger partial charge in [0.25, 0.3) is 5.91 Å². The standard InChI is InChI=1S/C21H23FN6O/c1-15-18(13-24-28(15)17-5-3-16(22)4-6-17)21(29)25-19-14-23-8-7-20(19)27-11-9-26(2)10-12-27/h3-8,13-14H,9-12H2,1-2H3,(H,25,29). The molecule has 3 aromatic rings. The van der Waals surface area contributed by atoms with Crippen LogP contribution in [0.1, 0.15) is 16.1 Å². The van der Waals surface area contributed by atoms with Gasteiger partial charge < -0.3 is 15.1 Å². The number of piperazine rings is 1. The summed E-state index contributed by atoms with van der Waals surface area (Å²) in [5, 5.41) is 7.28. The number of carbonyl (C=O) groups is 1. The molecule has 0 atom stereocenters. The molecule has 2 aromatic heterocycles. The number of amides is 1. The van der Waals surface area contributed by atoms with E-state index in [-0.39, 0.29) is 11.7 Å². The maximum Gasteiger partial charge on any atom is 0.259 e. The smallest absolute Gasteiger partial charge is 0.259 e. The predicted molar refractivity (Wildman–Crippen MR) is 110 cm³/mol. The Hall–Kier alpha value is -3.26. The first kappa shape index (κ1) is 19.1. The van der Waals surface area contributed by atoms with Crippen LogP contribution in [0.2, 0.25) is 0 Å². The molecule has 7 nitrogen and oxygen atoms in total. The van der Waals surface area contributed by atoms with Gasteiger partial charge in [-0.25, -0.2) is 9.07 Å². The van der Waals surface area contributed by atoms with Crippen LogP contribution in [0.15, 0.2) is 48.9 Å². The van der Waals surface area contributed by atoms with E-state index in [9.17, 15) is 9.18 Å². The number of likely N-dealkylation sites (N-methyl/N-ethyl adjacent to an activating group) is 1. The predicted octanol–water partition coefficient (Wildman–Crippen LogP) is 2.72. The van der Waals surface area contributed by atoms with Gasteiger partial charge in [-0.3, -0.25) is 9.78 Å². The minimum absolute atomic E-state index is 0.251. The summed E-state index contributed by atoms with van der Waals surface area (Å²) in [6.45, 7) is 5.55. The summed E-state index contributed by atoms with van der Waals surface area (Å²) in [4.78, 5) is 21.7. The van der Waals surface area contributed by atoms with Gasteiger partial charge in [0.2, 0.25) is 0 Å². The molecule has 29 heavy (non-hydrogen) atoms. The third kappa shape index (κ3) is 3.97. The number of rotatable bonds is 4. The summed E-state index contributed by atoms with van der Waals surface area (Å²) in [5.41, 5.74) is 3.48. The van der Waals surface area contributed by atoms with E-state index in [4.69, 9.17) is 0 Å². The van der Waals surface area contributed by atoms with Crippen molar-refractivity contribution in [2.45, 2.75) is 6.92 Å². The summed E-state index contributed by atoms with van der Waals surface area (Å²) in [6.07, 6.45) is 4.94. The molecular weight excluding hydrogens is 371 g/mol. The van der Waals surface area contributed by atoms with E-state index in [2.05, 4.69) is 32.2 Å². The van der Waals surface area contributed by atoms with Crippen LogP contribution in [-0.2, 0) is 0 Å². The van der Waals surface area contributed by atoms with Gasteiger partial charge in [0.05, 0.1) is 40.7 Å². The van der Waals surface area contributed by atoms with E-state index in [0.717, 1.165) is 31.9 Å². The molecule has 1 fully saturated rings. The number of anilines is 2. The van der Waals surface area contributed by atoms with Crippen molar-refractivity contribution in [3.8, 4) is 5.69 Å². The van der Waals surface area contributed by atoms with Crippen molar-refractivity contribution in [1.82, 2.24) is 19.7 Å². The lowest BCUT2D eigenvalue weighted by molar-refractivity contribution is 0.102. The van der Waals surface area contributed by atoms with Crippen LogP contribution in [0.4, 0.5) is 15.8 Å². The third-order valence-corrected chi connectivity index (χ3v) is 5.22. The molecule has 0 unspecified atom stereocenters. The zero-order chi connectivity index (χ0) is 20.4. The summed E-state index contributed by atoms with van der Waals surface area (Å²) in [6, 6.07) is 7.92. The van der Waals surface area contributed by atoms with Crippen molar-refractivity contribution in [2.24, 2.45) is 0 Å². The molecule has 150 valence electrons. The van der Waals surface area contributed by atoms with Gasteiger partial charge in [-0.1, -0.05) is 0 Å². The highest BCUT2D eigenvalue weighted by atomic mass is 19.1. The number of carbonyl (C=O) groups excluding carboxylic acids is 1. The Balaban J connectivity index is 1.56. The van der Waals surface area contributed by atoms with Gasteiger partial charge in [0, 0.05) is 32.4 Å². The first-order valence-electron chi connectivity index (χ1n) is 9.52. The fourth-order valence-corrected chi connectivity index (χ4v) is 3.47. The van der Waals surface area contributed by atoms with Crippen molar-refractivity contribution >= 4 is 17.3 Å². The Labute approximate surface area is 168 Å². The van der Waals surface area contributed by atoms with Gasteiger partial charge in [-0.2, -0.15) is 5.10 Å². The molecule has 8 heteroatoms. The Morgan fingerprint density at radius 3 is 2.52 bits per heavy atom. The van der Waals surface area contributed by atoms with Crippen LogP contribution >= 0.6 is 0 Å². The molecule has 1 aromatic carbocycles. The average Bonchev–Trinajstić information content (AvgIpc) is 3.11. The van der Waals surface area contributed by atoms with Crippen LogP contribution < -0.4 is 10.2 Å². The van der Waals surface area contributed by atoms with Crippen LogP contribution in [0.3, 0.4) is 0 Å². The lowest BCUT2D eigenvalue weighted by Crippen LogP contribution is -2.44. The normalized spacial score (nSPS) is 14.8. The van der Waals surface area contributed by atoms with Gasteiger partial charge in [-0.05, 0) is 44.3 Å². The van der Waals surface area contributed by atoms with Crippen LogP contribution in [-0.4, -0.2) is 58.8 Å². The molecule has 1 amide bonds. The number of benzene rings is 1. The Morgan fingerprint density at radius 1 is 1.07 bits per heavy atom. The van der Waals surface area contributed by atoms with E-state index < -0.39 is 0 Å². The second kappa shape index (κ2) is 8.00. The highest BCUT2D eigenvalue weighted by Gasteiger charge is 2.20. The molecule has 0 bridgehead atoms. The fraction of sp³-hybridized carbons (Fsp3) is 0.286. The monoisotopic (exact) mass is 394 g/mol. The van der Waals surface area contributed by atoms with Crippen molar-refractivity contribution in [2.75, 3.05) is 43.4 Å². The zero-order valence-corrected chi connectivity index (χ0v) is 16.5. The number of pyridine rings is 1.